The number of fused-ring (bicyclic) bond motifs is 3. The first-order valence-electron chi connectivity index (χ1n) is 8.85. The summed E-state index contributed by atoms with van der Waals surface area (Å²) in [4.78, 5) is 28.6. The summed E-state index contributed by atoms with van der Waals surface area (Å²) in [5.41, 5.74) is 4.52. The summed E-state index contributed by atoms with van der Waals surface area (Å²) in [7, 11) is 0. The number of hydrogen-bond acceptors (Lipinski definition) is 3. The molecule has 0 spiro atoms. The number of Topliss-reactive ketones (excluding diaryl/α,β-unsaturated/α-hetero) is 1. The number of ketones is 1. The second-order valence-electron chi connectivity index (χ2n) is 6.76. The van der Waals surface area contributed by atoms with Crippen molar-refractivity contribution in [3.63, 3.8) is 0 Å². The number of aryl methyl sites for hydroxylation is 1. The molecule has 5 heteroatoms. The van der Waals surface area contributed by atoms with Crippen molar-refractivity contribution in [2.24, 2.45) is 0 Å². The van der Waals surface area contributed by atoms with Crippen molar-refractivity contribution in [3.05, 3.63) is 65.4 Å². The molecular formula is C21H21N3O2. The van der Waals surface area contributed by atoms with E-state index in [4.69, 9.17) is 0 Å². The first kappa shape index (κ1) is 16.5. The second kappa shape index (κ2) is 6.77. The summed E-state index contributed by atoms with van der Waals surface area (Å²) in [6.45, 7) is 2.67. The Kier molecular flexibility index (Phi) is 4.31. The van der Waals surface area contributed by atoms with Crippen LogP contribution >= 0.6 is 0 Å². The average Bonchev–Trinajstić information content (AvgIpc) is 2.94. The lowest BCUT2D eigenvalue weighted by Gasteiger charge is -2.14. The van der Waals surface area contributed by atoms with E-state index in [2.05, 4.69) is 15.6 Å². The lowest BCUT2D eigenvalue weighted by Crippen LogP contribution is -2.39. The minimum absolute atomic E-state index is 0.0484. The Bertz CT molecular complexity index is 973. The number of carbonyl (C=O) groups is 2. The van der Waals surface area contributed by atoms with Crippen molar-refractivity contribution in [2.45, 2.75) is 25.8 Å². The minimum Gasteiger partial charge on any atom is -0.352 e. The third-order valence-corrected chi connectivity index (χ3v) is 4.87. The van der Waals surface area contributed by atoms with Crippen LogP contribution < -0.4 is 10.6 Å². The first-order chi connectivity index (χ1) is 12.6. The van der Waals surface area contributed by atoms with Gasteiger partial charge in [-0.05, 0) is 43.7 Å². The van der Waals surface area contributed by atoms with Crippen molar-refractivity contribution in [1.29, 1.82) is 0 Å². The summed E-state index contributed by atoms with van der Waals surface area (Å²) in [5.74, 6) is -0.216. The standard InChI is InChI=1S/C21H21N3O2/c1-13-6-8-14(9-7-13)23-19(25)12-18-21(26)20-16(10-11-22-18)15-4-2-3-5-17(15)24-20/h2-9,18,22,24H,10-12H2,1H3,(H,23,25)/t18-/m1/s1. The maximum absolute atomic E-state index is 13.0. The monoisotopic (exact) mass is 347 g/mol. The molecule has 0 unspecified atom stereocenters. The Morgan fingerprint density at radius 2 is 1.92 bits per heavy atom. The number of amides is 1. The van der Waals surface area contributed by atoms with Gasteiger partial charge in [-0.2, -0.15) is 0 Å². The number of aromatic nitrogens is 1. The molecule has 1 atom stereocenters. The fraction of sp³-hybridized carbons (Fsp3) is 0.238. The molecule has 0 saturated heterocycles. The van der Waals surface area contributed by atoms with Gasteiger partial charge in [0.05, 0.1) is 11.7 Å². The maximum atomic E-state index is 13.0. The SMILES string of the molecule is Cc1ccc(NC(=O)C[C@H]2NCCc3c([nH]c4ccccc34)C2=O)cc1. The Hall–Kier alpha value is -2.92. The lowest BCUT2D eigenvalue weighted by atomic mass is 10.0. The van der Waals surface area contributed by atoms with Crippen LogP contribution in [0.2, 0.25) is 0 Å². The van der Waals surface area contributed by atoms with E-state index in [-0.39, 0.29) is 18.1 Å². The van der Waals surface area contributed by atoms with Gasteiger partial charge in [-0.15, -0.1) is 0 Å². The molecule has 1 aliphatic heterocycles. The van der Waals surface area contributed by atoms with Crippen molar-refractivity contribution in [3.8, 4) is 0 Å². The maximum Gasteiger partial charge on any atom is 0.226 e. The third kappa shape index (κ3) is 3.13. The van der Waals surface area contributed by atoms with Crippen LogP contribution in [0.3, 0.4) is 0 Å². The normalized spacial score (nSPS) is 17.0. The van der Waals surface area contributed by atoms with Gasteiger partial charge in [-0.25, -0.2) is 0 Å². The van der Waals surface area contributed by atoms with E-state index in [0.717, 1.165) is 34.1 Å². The number of para-hydroxylation sites is 1. The number of benzene rings is 2. The average molecular weight is 347 g/mol. The van der Waals surface area contributed by atoms with Gasteiger partial charge in [0.15, 0.2) is 5.78 Å². The van der Waals surface area contributed by atoms with E-state index in [9.17, 15) is 9.59 Å². The van der Waals surface area contributed by atoms with E-state index in [1.807, 2.05) is 55.5 Å². The number of hydrogen-bond donors (Lipinski definition) is 3. The van der Waals surface area contributed by atoms with Crippen molar-refractivity contribution < 1.29 is 9.59 Å². The highest BCUT2D eigenvalue weighted by Crippen LogP contribution is 2.26. The van der Waals surface area contributed by atoms with E-state index in [1.165, 1.54) is 0 Å². The summed E-state index contributed by atoms with van der Waals surface area (Å²) in [6.07, 6.45) is 0.878. The summed E-state index contributed by atoms with van der Waals surface area (Å²) < 4.78 is 0. The zero-order valence-electron chi connectivity index (χ0n) is 14.6. The van der Waals surface area contributed by atoms with E-state index in [0.29, 0.717) is 12.2 Å². The highest BCUT2D eigenvalue weighted by molar-refractivity contribution is 6.07. The van der Waals surface area contributed by atoms with E-state index < -0.39 is 6.04 Å². The van der Waals surface area contributed by atoms with Crippen molar-refractivity contribution in [2.75, 3.05) is 11.9 Å². The topological polar surface area (TPSA) is 74.0 Å². The molecule has 5 nitrogen and oxygen atoms in total. The molecule has 3 aromatic rings. The van der Waals surface area contributed by atoms with Gasteiger partial charge in [0.1, 0.15) is 0 Å². The Morgan fingerprint density at radius 1 is 1.15 bits per heavy atom. The van der Waals surface area contributed by atoms with Crippen molar-refractivity contribution in [1.82, 2.24) is 10.3 Å². The number of anilines is 1. The molecule has 2 aromatic carbocycles. The van der Waals surface area contributed by atoms with Crippen LogP contribution in [0.15, 0.2) is 48.5 Å². The quantitative estimate of drug-likeness (QED) is 0.681. The van der Waals surface area contributed by atoms with Crippen LogP contribution in [-0.4, -0.2) is 29.3 Å². The predicted molar refractivity (Wildman–Crippen MR) is 103 cm³/mol. The fourth-order valence-corrected chi connectivity index (χ4v) is 3.51. The smallest absolute Gasteiger partial charge is 0.226 e. The highest BCUT2D eigenvalue weighted by Gasteiger charge is 2.29. The molecule has 0 radical (unpaired) electrons. The van der Waals surface area contributed by atoms with Crippen LogP contribution in [0.5, 0.6) is 0 Å². The molecule has 26 heavy (non-hydrogen) atoms. The van der Waals surface area contributed by atoms with Gasteiger partial charge in [0, 0.05) is 23.0 Å². The highest BCUT2D eigenvalue weighted by atomic mass is 16.2. The molecule has 3 N–H and O–H groups in total. The third-order valence-electron chi connectivity index (χ3n) is 4.87. The number of nitrogens with one attached hydrogen (secondary N) is 3. The molecule has 0 bridgehead atoms. The zero-order valence-corrected chi connectivity index (χ0v) is 14.6. The lowest BCUT2D eigenvalue weighted by molar-refractivity contribution is -0.116. The first-order valence-corrected chi connectivity index (χ1v) is 8.85. The number of carbonyl (C=O) groups excluding carboxylic acids is 2. The van der Waals surface area contributed by atoms with Gasteiger partial charge in [0.25, 0.3) is 0 Å². The van der Waals surface area contributed by atoms with Crippen molar-refractivity contribution >= 4 is 28.3 Å². The Morgan fingerprint density at radius 3 is 2.73 bits per heavy atom. The number of H-pyrrole nitrogens is 1. The van der Waals surface area contributed by atoms with Crippen LogP contribution in [0, 0.1) is 6.92 Å². The molecule has 1 amide bonds. The summed E-state index contributed by atoms with van der Waals surface area (Å²) >= 11 is 0. The Balaban J connectivity index is 1.53. The molecule has 2 heterocycles. The van der Waals surface area contributed by atoms with Crippen LogP contribution in [0.25, 0.3) is 10.9 Å². The number of rotatable bonds is 3. The van der Waals surface area contributed by atoms with Gasteiger partial charge in [-0.3, -0.25) is 9.59 Å². The molecule has 0 aliphatic carbocycles. The van der Waals surface area contributed by atoms with Gasteiger partial charge < -0.3 is 15.6 Å². The molecular weight excluding hydrogens is 326 g/mol. The van der Waals surface area contributed by atoms with E-state index >= 15 is 0 Å². The molecule has 132 valence electrons. The zero-order chi connectivity index (χ0) is 18.1. The molecule has 0 fully saturated rings. The van der Waals surface area contributed by atoms with Gasteiger partial charge in [0.2, 0.25) is 5.91 Å². The summed E-state index contributed by atoms with van der Waals surface area (Å²) in [6, 6.07) is 15.0. The Labute approximate surface area is 151 Å². The predicted octanol–water partition coefficient (Wildman–Crippen LogP) is 3.20. The fourth-order valence-electron chi connectivity index (χ4n) is 3.51. The molecule has 0 saturated carbocycles. The number of aromatic amines is 1. The molecule has 4 rings (SSSR count). The second-order valence-corrected chi connectivity index (χ2v) is 6.76. The molecule has 1 aromatic heterocycles. The van der Waals surface area contributed by atoms with E-state index in [1.54, 1.807) is 0 Å². The molecule has 1 aliphatic rings. The largest absolute Gasteiger partial charge is 0.352 e. The summed E-state index contributed by atoms with van der Waals surface area (Å²) in [5, 5.41) is 7.18. The van der Waals surface area contributed by atoms with Crippen LogP contribution in [-0.2, 0) is 11.2 Å². The minimum atomic E-state index is -0.519. The van der Waals surface area contributed by atoms with Gasteiger partial charge >= 0.3 is 0 Å². The van der Waals surface area contributed by atoms with Crippen LogP contribution in [0.1, 0.15) is 28.0 Å². The van der Waals surface area contributed by atoms with Gasteiger partial charge in [-0.1, -0.05) is 35.9 Å². The van der Waals surface area contributed by atoms with Crippen LogP contribution in [0.4, 0.5) is 5.69 Å².